The van der Waals surface area contributed by atoms with E-state index in [4.69, 9.17) is 9.47 Å². The van der Waals surface area contributed by atoms with Gasteiger partial charge in [0.25, 0.3) is 0 Å². The Morgan fingerprint density at radius 1 is 1.18 bits per heavy atom. The molecule has 0 radical (unpaired) electrons. The summed E-state index contributed by atoms with van der Waals surface area (Å²) in [6, 6.07) is 8.71. The summed E-state index contributed by atoms with van der Waals surface area (Å²) >= 11 is 0. The molecule has 1 aromatic rings. The van der Waals surface area contributed by atoms with Gasteiger partial charge < -0.3 is 14.4 Å². The number of rotatable bonds is 5. The van der Waals surface area contributed by atoms with Crippen LogP contribution in [0.1, 0.15) is 23.2 Å². The third-order valence-electron chi connectivity index (χ3n) is 3.54. The first kappa shape index (κ1) is 16.2. The summed E-state index contributed by atoms with van der Waals surface area (Å²) in [5, 5.41) is 0. The second-order valence-electron chi connectivity index (χ2n) is 5.42. The summed E-state index contributed by atoms with van der Waals surface area (Å²) < 4.78 is 10.6. The summed E-state index contributed by atoms with van der Waals surface area (Å²) in [4.78, 5) is 26.0. The molecule has 1 saturated heterocycles. The van der Waals surface area contributed by atoms with Gasteiger partial charge in [-0.3, -0.25) is 4.79 Å². The van der Waals surface area contributed by atoms with E-state index in [1.54, 1.807) is 43.3 Å². The lowest BCUT2D eigenvalue weighted by molar-refractivity contribution is -0.121. The van der Waals surface area contributed by atoms with Crippen LogP contribution in [-0.2, 0) is 14.3 Å². The molecule has 5 heteroatoms. The number of hydrogen-bond acceptors (Lipinski definition) is 5. The average molecular weight is 303 g/mol. The maximum Gasteiger partial charge on any atom is 0.344 e. The third-order valence-corrected chi connectivity index (χ3v) is 3.54. The van der Waals surface area contributed by atoms with E-state index in [-0.39, 0.29) is 17.6 Å². The van der Waals surface area contributed by atoms with E-state index >= 15 is 0 Å². The molecule has 1 fully saturated rings. The summed E-state index contributed by atoms with van der Waals surface area (Å²) in [5.41, 5.74) is 0.453. The Morgan fingerprint density at radius 2 is 1.82 bits per heavy atom. The van der Waals surface area contributed by atoms with Gasteiger partial charge in [0.05, 0.1) is 5.56 Å². The number of ether oxygens (including phenoxy) is 2. The van der Waals surface area contributed by atoms with E-state index in [0.29, 0.717) is 31.6 Å². The fourth-order valence-electron chi connectivity index (χ4n) is 2.20. The van der Waals surface area contributed by atoms with Gasteiger partial charge in [-0.1, -0.05) is 18.2 Å². The maximum absolute atomic E-state index is 12.3. The highest BCUT2D eigenvalue weighted by atomic mass is 16.5. The Bertz CT molecular complexity index is 545. The fourth-order valence-corrected chi connectivity index (χ4v) is 2.20. The lowest BCUT2D eigenvalue weighted by atomic mass is 9.95. The van der Waals surface area contributed by atoms with E-state index in [0.717, 1.165) is 0 Å². The van der Waals surface area contributed by atoms with Gasteiger partial charge in [0.15, 0.2) is 5.78 Å². The van der Waals surface area contributed by atoms with Crippen molar-refractivity contribution < 1.29 is 19.1 Å². The molecular weight excluding hydrogens is 282 g/mol. The first-order valence-corrected chi connectivity index (χ1v) is 7.36. The second-order valence-corrected chi connectivity index (χ2v) is 5.42. The predicted octanol–water partition coefficient (Wildman–Crippen LogP) is 2.24. The van der Waals surface area contributed by atoms with E-state index < -0.39 is 5.97 Å². The number of benzene rings is 1. The minimum absolute atomic E-state index is 0.0205. The van der Waals surface area contributed by atoms with Crippen molar-refractivity contribution in [2.24, 2.45) is 5.92 Å². The van der Waals surface area contributed by atoms with Crippen molar-refractivity contribution in [3.63, 3.8) is 0 Å². The highest BCUT2D eigenvalue weighted by molar-refractivity contribution is 5.94. The summed E-state index contributed by atoms with van der Waals surface area (Å²) in [7, 11) is 3.47. The highest BCUT2D eigenvalue weighted by Gasteiger charge is 2.22. The summed E-state index contributed by atoms with van der Waals surface area (Å²) in [6.45, 7) is 1.21. The van der Waals surface area contributed by atoms with Gasteiger partial charge in [0.2, 0.25) is 5.88 Å². The number of carbonyl (C=O) groups is 2. The Kier molecular flexibility index (Phi) is 5.72. The molecule has 0 spiro atoms. The molecule has 2 rings (SSSR count). The van der Waals surface area contributed by atoms with Gasteiger partial charge in [-0.05, 0) is 25.0 Å². The molecule has 0 aromatic heterocycles. The van der Waals surface area contributed by atoms with Crippen molar-refractivity contribution >= 4 is 11.8 Å². The quantitative estimate of drug-likeness (QED) is 0.474. The number of carbonyl (C=O) groups excluding carboxylic acids is 2. The molecule has 1 aliphatic heterocycles. The molecule has 0 atom stereocenters. The molecule has 1 aliphatic rings. The van der Waals surface area contributed by atoms with Crippen molar-refractivity contribution in [2.45, 2.75) is 12.8 Å². The van der Waals surface area contributed by atoms with E-state index in [1.165, 1.54) is 6.08 Å². The van der Waals surface area contributed by atoms with Gasteiger partial charge in [0.1, 0.15) is 0 Å². The van der Waals surface area contributed by atoms with Crippen LogP contribution in [0.25, 0.3) is 0 Å². The Balaban J connectivity index is 2.07. The highest BCUT2D eigenvalue weighted by Crippen LogP contribution is 2.18. The zero-order valence-corrected chi connectivity index (χ0v) is 13.0. The van der Waals surface area contributed by atoms with Crippen LogP contribution in [-0.4, -0.2) is 44.0 Å². The first-order valence-electron chi connectivity index (χ1n) is 7.36. The Labute approximate surface area is 130 Å². The molecular formula is C17H21NO4. The minimum Gasteiger partial charge on any atom is -0.406 e. The standard InChI is InChI=1S/C17H21NO4/c1-18(2)16(12-15(19)13-8-10-21-11-9-13)22-17(20)14-6-4-3-5-7-14/h3-7,12-13H,8-11H2,1-2H3/b16-12-. The second kappa shape index (κ2) is 7.75. The normalized spacial score (nSPS) is 16.2. The van der Waals surface area contributed by atoms with Crippen LogP contribution >= 0.6 is 0 Å². The number of esters is 1. The molecule has 0 amide bonds. The van der Waals surface area contributed by atoms with Crippen LogP contribution in [0.4, 0.5) is 0 Å². The van der Waals surface area contributed by atoms with Crippen molar-refractivity contribution in [3.05, 3.63) is 47.9 Å². The topological polar surface area (TPSA) is 55.8 Å². The number of hydrogen-bond donors (Lipinski definition) is 0. The fraction of sp³-hybridized carbons (Fsp3) is 0.412. The van der Waals surface area contributed by atoms with E-state index in [1.807, 2.05) is 6.07 Å². The van der Waals surface area contributed by atoms with Gasteiger partial charge in [-0.15, -0.1) is 0 Å². The lowest BCUT2D eigenvalue weighted by Crippen LogP contribution is -2.25. The smallest absolute Gasteiger partial charge is 0.344 e. The van der Waals surface area contributed by atoms with Crippen LogP contribution in [0.5, 0.6) is 0 Å². The lowest BCUT2D eigenvalue weighted by Gasteiger charge is -2.21. The zero-order valence-electron chi connectivity index (χ0n) is 13.0. The van der Waals surface area contributed by atoms with Crippen LogP contribution < -0.4 is 0 Å². The van der Waals surface area contributed by atoms with E-state index in [9.17, 15) is 9.59 Å². The van der Waals surface area contributed by atoms with Crippen LogP contribution in [0, 0.1) is 5.92 Å². The molecule has 0 bridgehead atoms. The van der Waals surface area contributed by atoms with Gasteiger partial charge >= 0.3 is 5.97 Å². The van der Waals surface area contributed by atoms with Gasteiger partial charge in [0, 0.05) is 39.3 Å². The Hall–Kier alpha value is -2.14. The van der Waals surface area contributed by atoms with Gasteiger partial charge in [-0.25, -0.2) is 4.79 Å². The van der Waals surface area contributed by atoms with Crippen molar-refractivity contribution in [1.82, 2.24) is 4.90 Å². The van der Waals surface area contributed by atoms with Crippen molar-refractivity contribution in [2.75, 3.05) is 27.3 Å². The van der Waals surface area contributed by atoms with Crippen LogP contribution in [0.2, 0.25) is 0 Å². The predicted molar refractivity (Wildman–Crippen MR) is 82.2 cm³/mol. The molecule has 1 heterocycles. The zero-order chi connectivity index (χ0) is 15.9. The minimum atomic E-state index is -0.472. The molecule has 0 unspecified atom stereocenters. The first-order chi connectivity index (χ1) is 10.6. The van der Waals surface area contributed by atoms with Crippen molar-refractivity contribution in [1.29, 1.82) is 0 Å². The number of nitrogens with zero attached hydrogens (tertiary/aromatic N) is 1. The summed E-state index contributed by atoms with van der Waals surface area (Å²) in [6.07, 6.45) is 2.84. The van der Waals surface area contributed by atoms with Crippen molar-refractivity contribution in [3.8, 4) is 0 Å². The summed E-state index contributed by atoms with van der Waals surface area (Å²) in [5.74, 6) is -0.294. The molecule has 1 aromatic carbocycles. The van der Waals surface area contributed by atoms with E-state index in [2.05, 4.69) is 0 Å². The third kappa shape index (κ3) is 4.43. The molecule has 22 heavy (non-hydrogen) atoms. The molecule has 0 aliphatic carbocycles. The molecule has 118 valence electrons. The van der Waals surface area contributed by atoms with Crippen LogP contribution in [0.15, 0.2) is 42.3 Å². The average Bonchev–Trinajstić information content (AvgIpc) is 2.55. The molecule has 5 nitrogen and oxygen atoms in total. The molecule has 0 saturated carbocycles. The van der Waals surface area contributed by atoms with Gasteiger partial charge in [-0.2, -0.15) is 0 Å². The van der Waals surface area contributed by atoms with Crippen LogP contribution in [0.3, 0.4) is 0 Å². The largest absolute Gasteiger partial charge is 0.406 e. The number of allylic oxidation sites excluding steroid dienone is 1. The maximum atomic E-state index is 12.3. The Morgan fingerprint density at radius 3 is 2.41 bits per heavy atom. The number of ketones is 1. The monoisotopic (exact) mass is 303 g/mol. The SMILES string of the molecule is CN(C)/C(=C/C(=O)C1CCOCC1)OC(=O)c1ccccc1. The molecule has 0 N–H and O–H groups in total.